The Morgan fingerprint density at radius 2 is 2.23 bits per heavy atom. The molecule has 0 aliphatic rings. The Morgan fingerprint density at radius 3 is 2.77 bits per heavy atom. The summed E-state index contributed by atoms with van der Waals surface area (Å²) in [5, 5.41) is 10.3. The first-order valence-electron chi connectivity index (χ1n) is 3.38. The summed E-state index contributed by atoms with van der Waals surface area (Å²) in [6, 6.07) is 3.21. The standard InChI is InChI=1S/C8H6FNO3/c9-6-1-2-7(10-8(12)13)5(3-6)4-11/h1-4,10H,(H,12,13). The van der Waals surface area contributed by atoms with Crippen molar-refractivity contribution in [3.63, 3.8) is 0 Å². The van der Waals surface area contributed by atoms with Crippen LogP contribution in [0.25, 0.3) is 0 Å². The van der Waals surface area contributed by atoms with Crippen molar-refractivity contribution in [2.45, 2.75) is 0 Å². The fourth-order valence-corrected chi connectivity index (χ4v) is 0.860. The van der Waals surface area contributed by atoms with Gasteiger partial charge in [0, 0.05) is 5.56 Å². The van der Waals surface area contributed by atoms with E-state index in [2.05, 4.69) is 0 Å². The van der Waals surface area contributed by atoms with Crippen LogP contribution in [0.1, 0.15) is 10.4 Å². The number of carboxylic acid groups (broad SMARTS) is 1. The van der Waals surface area contributed by atoms with E-state index in [0.717, 1.165) is 12.1 Å². The quantitative estimate of drug-likeness (QED) is 0.686. The summed E-state index contributed by atoms with van der Waals surface area (Å²) >= 11 is 0. The molecule has 5 heteroatoms. The Labute approximate surface area is 73.0 Å². The molecule has 0 saturated carbocycles. The third-order valence-corrected chi connectivity index (χ3v) is 1.38. The Hall–Kier alpha value is -1.91. The molecule has 2 N–H and O–H groups in total. The number of amides is 1. The third-order valence-electron chi connectivity index (χ3n) is 1.38. The average Bonchev–Trinajstić information content (AvgIpc) is 2.07. The molecule has 68 valence electrons. The molecule has 0 aliphatic carbocycles. The lowest BCUT2D eigenvalue weighted by molar-refractivity contribution is 0.112. The second-order valence-electron chi connectivity index (χ2n) is 2.28. The highest BCUT2D eigenvalue weighted by molar-refractivity contribution is 5.92. The van der Waals surface area contributed by atoms with Crippen molar-refractivity contribution in [3.8, 4) is 0 Å². The SMILES string of the molecule is O=Cc1cc(F)ccc1NC(=O)O. The number of anilines is 1. The van der Waals surface area contributed by atoms with Crippen molar-refractivity contribution in [2.75, 3.05) is 5.32 Å². The van der Waals surface area contributed by atoms with Gasteiger partial charge in [-0.15, -0.1) is 0 Å². The number of hydrogen-bond acceptors (Lipinski definition) is 2. The number of carbonyl (C=O) groups excluding carboxylic acids is 1. The first-order chi connectivity index (χ1) is 6.13. The van der Waals surface area contributed by atoms with E-state index in [4.69, 9.17) is 5.11 Å². The molecule has 4 nitrogen and oxygen atoms in total. The van der Waals surface area contributed by atoms with E-state index in [1.165, 1.54) is 6.07 Å². The van der Waals surface area contributed by atoms with Crippen LogP contribution < -0.4 is 5.32 Å². The zero-order chi connectivity index (χ0) is 9.84. The molecule has 1 rings (SSSR count). The molecular weight excluding hydrogens is 177 g/mol. The molecular formula is C8H6FNO3. The van der Waals surface area contributed by atoms with Crippen molar-refractivity contribution < 1.29 is 19.1 Å². The summed E-state index contributed by atoms with van der Waals surface area (Å²) < 4.78 is 12.5. The van der Waals surface area contributed by atoms with Gasteiger partial charge in [0.25, 0.3) is 0 Å². The molecule has 0 atom stereocenters. The van der Waals surface area contributed by atoms with Gasteiger partial charge < -0.3 is 5.11 Å². The van der Waals surface area contributed by atoms with Crippen molar-refractivity contribution in [1.82, 2.24) is 0 Å². The van der Waals surface area contributed by atoms with Crippen LogP contribution in [0.3, 0.4) is 0 Å². The van der Waals surface area contributed by atoms with Gasteiger partial charge in [0.05, 0.1) is 5.69 Å². The fourth-order valence-electron chi connectivity index (χ4n) is 0.860. The molecule has 0 fully saturated rings. The summed E-state index contributed by atoms with van der Waals surface area (Å²) in [6.07, 6.45) is -0.913. The van der Waals surface area contributed by atoms with Crippen molar-refractivity contribution in [1.29, 1.82) is 0 Å². The molecule has 13 heavy (non-hydrogen) atoms. The summed E-state index contributed by atoms with van der Waals surface area (Å²) in [5.41, 5.74) is 0.0475. The highest BCUT2D eigenvalue weighted by Crippen LogP contribution is 2.14. The van der Waals surface area contributed by atoms with E-state index in [0.29, 0.717) is 6.29 Å². The van der Waals surface area contributed by atoms with E-state index in [1.807, 2.05) is 5.32 Å². The lowest BCUT2D eigenvalue weighted by atomic mass is 10.2. The van der Waals surface area contributed by atoms with Gasteiger partial charge in [-0.3, -0.25) is 10.1 Å². The van der Waals surface area contributed by atoms with Crippen molar-refractivity contribution in [3.05, 3.63) is 29.6 Å². The second kappa shape index (κ2) is 3.66. The van der Waals surface area contributed by atoms with Gasteiger partial charge in [-0.25, -0.2) is 9.18 Å². The fraction of sp³-hybridized carbons (Fsp3) is 0. The Kier molecular flexibility index (Phi) is 2.59. The van der Waals surface area contributed by atoms with Crippen LogP contribution in [-0.2, 0) is 0 Å². The van der Waals surface area contributed by atoms with Gasteiger partial charge in [-0.1, -0.05) is 0 Å². The van der Waals surface area contributed by atoms with Crippen LogP contribution in [0.15, 0.2) is 18.2 Å². The molecule has 0 aromatic heterocycles. The molecule has 1 amide bonds. The summed E-state index contributed by atoms with van der Waals surface area (Å²) in [4.78, 5) is 20.6. The molecule has 1 aromatic carbocycles. The maximum atomic E-state index is 12.5. The van der Waals surface area contributed by atoms with E-state index < -0.39 is 11.9 Å². The van der Waals surface area contributed by atoms with Crippen LogP contribution in [0, 0.1) is 5.82 Å². The zero-order valence-corrected chi connectivity index (χ0v) is 6.45. The smallest absolute Gasteiger partial charge is 0.409 e. The van der Waals surface area contributed by atoms with Gasteiger partial charge >= 0.3 is 6.09 Å². The molecule has 0 radical (unpaired) electrons. The molecule has 0 spiro atoms. The zero-order valence-electron chi connectivity index (χ0n) is 6.45. The first-order valence-corrected chi connectivity index (χ1v) is 3.38. The predicted molar refractivity (Wildman–Crippen MR) is 43.4 cm³/mol. The summed E-state index contributed by atoms with van der Waals surface area (Å²) in [7, 11) is 0. The first kappa shape index (κ1) is 9.18. The van der Waals surface area contributed by atoms with Crippen LogP contribution in [0.4, 0.5) is 14.9 Å². The Balaban J connectivity index is 3.05. The number of rotatable bonds is 2. The minimum atomic E-state index is -1.30. The van der Waals surface area contributed by atoms with Gasteiger partial charge in [0.2, 0.25) is 0 Å². The highest BCUT2D eigenvalue weighted by atomic mass is 19.1. The Bertz CT molecular complexity index is 351. The number of carbonyl (C=O) groups is 2. The average molecular weight is 183 g/mol. The van der Waals surface area contributed by atoms with Crippen LogP contribution >= 0.6 is 0 Å². The summed E-state index contributed by atoms with van der Waals surface area (Å²) in [6.45, 7) is 0. The normalized spacial score (nSPS) is 9.31. The van der Waals surface area contributed by atoms with E-state index in [9.17, 15) is 14.0 Å². The van der Waals surface area contributed by atoms with Gasteiger partial charge in [0.15, 0.2) is 6.29 Å². The summed E-state index contributed by atoms with van der Waals surface area (Å²) in [5.74, 6) is -0.585. The van der Waals surface area contributed by atoms with Gasteiger partial charge in [-0.05, 0) is 18.2 Å². The third kappa shape index (κ3) is 2.26. The van der Waals surface area contributed by atoms with Gasteiger partial charge in [-0.2, -0.15) is 0 Å². The van der Waals surface area contributed by atoms with E-state index in [-0.39, 0.29) is 11.3 Å². The second-order valence-corrected chi connectivity index (χ2v) is 2.28. The monoisotopic (exact) mass is 183 g/mol. The van der Waals surface area contributed by atoms with Crippen LogP contribution in [0.5, 0.6) is 0 Å². The maximum Gasteiger partial charge on any atom is 0.409 e. The molecule has 0 heterocycles. The topological polar surface area (TPSA) is 66.4 Å². The molecule has 0 aliphatic heterocycles. The molecule has 1 aromatic rings. The molecule has 0 saturated heterocycles. The number of benzene rings is 1. The molecule has 0 bridgehead atoms. The van der Waals surface area contributed by atoms with Gasteiger partial charge in [0.1, 0.15) is 5.82 Å². The lowest BCUT2D eigenvalue weighted by Gasteiger charge is -2.02. The number of hydrogen-bond donors (Lipinski definition) is 2. The maximum absolute atomic E-state index is 12.5. The molecule has 0 unspecified atom stereocenters. The number of halogens is 1. The predicted octanol–water partition coefficient (Wildman–Crippen LogP) is 1.73. The lowest BCUT2D eigenvalue weighted by Crippen LogP contribution is -2.09. The van der Waals surface area contributed by atoms with Crippen molar-refractivity contribution in [2.24, 2.45) is 0 Å². The van der Waals surface area contributed by atoms with E-state index in [1.54, 1.807) is 0 Å². The minimum Gasteiger partial charge on any atom is -0.465 e. The number of nitrogens with one attached hydrogen (secondary N) is 1. The highest BCUT2D eigenvalue weighted by Gasteiger charge is 2.05. The van der Waals surface area contributed by atoms with Crippen molar-refractivity contribution >= 4 is 18.1 Å². The Morgan fingerprint density at radius 1 is 1.54 bits per heavy atom. The largest absolute Gasteiger partial charge is 0.465 e. The van der Waals surface area contributed by atoms with Crippen LogP contribution in [-0.4, -0.2) is 17.5 Å². The minimum absolute atomic E-state index is 0.0256. The van der Waals surface area contributed by atoms with E-state index >= 15 is 0 Å². The number of aldehydes is 1. The van der Waals surface area contributed by atoms with Crippen LogP contribution in [0.2, 0.25) is 0 Å².